The summed E-state index contributed by atoms with van der Waals surface area (Å²) in [5.41, 5.74) is 23.1. The Hall–Kier alpha value is -12.0. The Morgan fingerprint density at radius 2 is 0.589 bits per heavy atom. The van der Waals surface area contributed by atoms with Gasteiger partial charge in [0.05, 0.1) is 11.4 Å². The molecule has 0 saturated carbocycles. The predicted molar refractivity (Wildman–Crippen MR) is 405 cm³/mol. The quantitative estimate of drug-likeness (QED) is 0.0956. The molecule has 0 saturated heterocycles. The number of rotatable bonds is 16. The van der Waals surface area contributed by atoms with Crippen molar-refractivity contribution in [2.75, 3.05) is 19.6 Å². The summed E-state index contributed by atoms with van der Waals surface area (Å²) >= 11 is 0. The van der Waals surface area contributed by atoms with Gasteiger partial charge in [-0.15, -0.1) is 0 Å². The van der Waals surface area contributed by atoms with Crippen LogP contribution in [0, 0.1) is 5.92 Å². The summed E-state index contributed by atoms with van der Waals surface area (Å²) in [4.78, 5) is 9.67. The fourth-order valence-electron chi connectivity index (χ4n) is 14.4. The van der Waals surface area contributed by atoms with Crippen LogP contribution in [-0.4, -0.2) is 0 Å². The second-order valence-corrected chi connectivity index (χ2v) is 24.8. The van der Waals surface area contributed by atoms with E-state index in [1.165, 1.54) is 66.0 Å². The van der Waals surface area contributed by atoms with Gasteiger partial charge in [-0.3, -0.25) is 0 Å². The fourth-order valence-corrected chi connectivity index (χ4v) is 14.4. The summed E-state index contributed by atoms with van der Waals surface area (Å²) in [6.07, 6.45) is 16.4. The Balaban J connectivity index is 0.803. The van der Waals surface area contributed by atoms with E-state index in [9.17, 15) is 0 Å². The molecule has 0 radical (unpaired) electrons. The number of benzene rings is 14. The third kappa shape index (κ3) is 11.4. The Morgan fingerprint density at radius 3 is 1.00 bits per heavy atom. The van der Waals surface area contributed by atoms with E-state index >= 15 is 0 Å². The number of anilines is 10. The topological polar surface area (TPSA) is 13.0 Å². The highest BCUT2D eigenvalue weighted by molar-refractivity contribution is 6.18. The zero-order valence-electron chi connectivity index (χ0n) is 53.1. The van der Waals surface area contributed by atoms with E-state index in [2.05, 4.69) is 391 Å². The van der Waals surface area contributed by atoms with Gasteiger partial charge in [0.15, 0.2) is 0 Å². The second-order valence-electron chi connectivity index (χ2n) is 24.8. The molecule has 0 heterocycles. The van der Waals surface area contributed by atoms with Gasteiger partial charge in [-0.25, -0.2) is 0 Å². The number of nitrogens with zero attached hydrogens (tertiary/aromatic N) is 4. The predicted octanol–water partition coefficient (Wildman–Crippen LogP) is 25.7. The number of fused-ring (bicyclic) bond motifs is 3. The maximum absolute atomic E-state index is 2.46. The zero-order chi connectivity index (χ0) is 63.4. The molecule has 0 amide bonds. The standard InChI is InChI=1S/C91H70N4/c1-65-26-23-41-81(64-65)93(78-58-62-80(63-59-78)95(74-39-15-6-16-40-74)87-47-25-34-67-28-18-20-43-83(67)87)76-54-50-71(51-55-76)89-85-45-22-21-44-84(85)88(90(68-29-7-2-8-30-68)91(89)69-31-9-3-10-32-69)70-48-52-75(53-49-70)92(72-35-11-4-12-36-72)77-56-60-79(61-57-77)94(73-37-13-5-14-38-73)86-46-24-33-66-27-17-19-42-82(66)86/h2-11,13-35,37-63,65H,12,36,64H2,1H3/t65-/m1/s1. The molecule has 95 heavy (non-hydrogen) atoms. The lowest BCUT2D eigenvalue weighted by molar-refractivity contribution is 0.696. The molecule has 4 nitrogen and oxygen atoms in total. The van der Waals surface area contributed by atoms with Gasteiger partial charge in [-0.05, 0) is 213 Å². The molecule has 0 fully saturated rings. The lowest BCUT2D eigenvalue weighted by atomic mass is 9.79. The number of hydrogen-bond donors (Lipinski definition) is 0. The first-order valence-corrected chi connectivity index (χ1v) is 33.2. The average molecular weight is 1220 g/mol. The number of allylic oxidation sites excluding steroid dienone is 8. The van der Waals surface area contributed by atoms with Crippen molar-refractivity contribution in [2.24, 2.45) is 5.92 Å². The third-order valence-electron chi connectivity index (χ3n) is 18.8. The molecule has 0 aliphatic heterocycles. The van der Waals surface area contributed by atoms with Gasteiger partial charge in [0, 0.05) is 67.7 Å². The molecule has 0 spiro atoms. The fraction of sp³-hybridized carbons (Fsp3) is 0.0549. The van der Waals surface area contributed by atoms with E-state index in [-0.39, 0.29) is 0 Å². The normalized spacial score (nSPS) is 13.5. The van der Waals surface area contributed by atoms with Crippen molar-refractivity contribution >= 4 is 89.2 Å². The van der Waals surface area contributed by atoms with E-state index < -0.39 is 0 Å². The van der Waals surface area contributed by atoms with Gasteiger partial charge in [0.1, 0.15) is 0 Å². The zero-order valence-corrected chi connectivity index (χ0v) is 53.1. The SMILES string of the molecule is C[C@@H]1C=CC=C(N(c2ccc(-c3c(-c4ccccc4)c(-c4ccccc4)c(-c4ccc(N(C5=CC=CCC5)c5ccc(N(c6ccccc6)c6cccc7ccccc67)cc5)cc4)c4ccccc34)cc2)c2ccc(N(c3ccccc3)c3cccc4ccccc34)cc2)C1. The molecular weight excluding hydrogens is 1150 g/mol. The monoisotopic (exact) mass is 1220 g/mol. The molecule has 0 unspecified atom stereocenters. The Kier molecular flexibility index (Phi) is 15.9. The minimum Gasteiger partial charge on any atom is -0.314 e. The van der Waals surface area contributed by atoms with Crippen LogP contribution in [0.4, 0.5) is 56.9 Å². The average Bonchev–Trinajstić information content (AvgIpc) is 0.730. The van der Waals surface area contributed by atoms with E-state index in [0.29, 0.717) is 5.92 Å². The van der Waals surface area contributed by atoms with Crippen LogP contribution >= 0.6 is 0 Å². The van der Waals surface area contributed by atoms with Crippen LogP contribution in [0.25, 0.3) is 76.8 Å². The van der Waals surface area contributed by atoms with Crippen molar-refractivity contribution in [2.45, 2.75) is 26.2 Å². The highest BCUT2D eigenvalue weighted by Crippen LogP contribution is 2.52. The lowest BCUT2D eigenvalue weighted by Gasteiger charge is -2.32. The Labute approximate surface area is 557 Å². The van der Waals surface area contributed by atoms with Gasteiger partial charge >= 0.3 is 0 Å². The van der Waals surface area contributed by atoms with Crippen molar-refractivity contribution < 1.29 is 0 Å². The summed E-state index contributed by atoms with van der Waals surface area (Å²) in [5, 5.41) is 7.23. The molecule has 2 aliphatic carbocycles. The van der Waals surface area contributed by atoms with E-state index in [4.69, 9.17) is 0 Å². The maximum atomic E-state index is 2.46. The molecule has 16 rings (SSSR count). The molecule has 4 heteroatoms. The van der Waals surface area contributed by atoms with Crippen LogP contribution in [-0.2, 0) is 0 Å². The molecule has 0 bridgehead atoms. The summed E-state index contributed by atoms with van der Waals surface area (Å²) in [5.74, 6) is 0.393. The summed E-state index contributed by atoms with van der Waals surface area (Å²) in [6.45, 7) is 2.31. The van der Waals surface area contributed by atoms with Crippen LogP contribution in [0.15, 0.2) is 375 Å². The van der Waals surface area contributed by atoms with Crippen molar-refractivity contribution in [1.82, 2.24) is 0 Å². The van der Waals surface area contributed by atoms with Crippen molar-refractivity contribution in [3.8, 4) is 44.5 Å². The van der Waals surface area contributed by atoms with Crippen molar-refractivity contribution in [3.05, 3.63) is 375 Å². The first-order chi connectivity index (χ1) is 47.1. The van der Waals surface area contributed by atoms with Crippen LogP contribution in [0.1, 0.15) is 26.2 Å². The Morgan fingerprint density at radius 1 is 0.263 bits per heavy atom. The van der Waals surface area contributed by atoms with E-state index in [1.807, 2.05) is 0 Å². The summed E-state index contributed by atoms with van der Waals surface area (Å²) < 4.78 is 0. The second kappa shape index (κ2) is 26.0. The highest BCUT2D eigenvalue weighted by Gasteiger charge is 2.27. The van der Waals surface area contributed by atoms with Crippen LogP contribution < -0.4 is 19.6 Å². The largest absolute Gasteiger partial charge is 0.314 e. The molecule has 14 aromatic carbocycles. The number of para-hydroxylation sites is 2. The first-order valence-electron chi connectivity index (χ1n) is 33.2. The van der Waals surface area contributed by atoms with Crippen LogP contribution in [0.3, 0.4) is 0 Å². The van der Waals surface area contributed by atoms with Gasteiger partial charge in [0.2, 0.25) is 0 Å². The van der Waals surface area contributed by atoms with Crippen molar-refractivity contribution in [3.63, 3.8) is 0 Å². The van der Waals surface area contributed by atoms with Gasteiger partial charge in [0.25, 0.3) is 0 Å². The van der Waals surface area contributed by atoms with Gasteiger partial charge < -0.3 is 19.6 Å². The molecule has 2 aliphatic rings. The van der Waals surface area contributed by atoms with E-state index in [0.717, 1.165) is 98.4 Å². The van der Waals surface area contributed by atoms with Gasteiger partial charge in [-0.2, -0.15) is 0 Å². The smallest absolute Gasteiger partial charge is 0.0540 e. The molecule has 14 aromatic rings. The van der Waals surface area contributed by atoms with Crippen molar-refractivity contribution in [1.29, 1.82) is 0 Å². The number of hydrogen-bond acceptors (Lipinski definition) is 4. The molecule has 454 valence electrons. The highest BCUT2D eigenvalue weighted by atomic mass is 15.2. The minimum atomic E-state index is 0.393. The van der Waals surface area contributed by atoms with E-state index in [1.54, 1.807) is 0 Å². The minimum absolute atomic E-state index is 0.393. The van der Waals surface area contributed by atoms with Gasteiger partial charge in [-0.1, -0.05) is 250 Å². The molecule has 0 aromatic heterocycles. The molecular formula is C91H70N4. The summed E-state index contributed by atoms with van der Waals surface area (Å²) in [6, 6.07) is 120. The van der Waals surface area contributed by atoms with Crippen LogP contribution in [0.2, 0.25) is 0 Å². The first kappa shape index (κ1) is 58.1. The molecule has 0 N–H and O–H groups in total. The lowest BCUT2D eigenvalue weighted by Crippen LogP contribution is -2.19. The third-order valence-corrected chi connectivity index (χ3v) is 18.8. The maximum Gasteiger partial charge on any atom is 0.0540 e. The Bertz CT molecular complexity index is 5180. The summed E-state index contributed by atoms with van der Waals surface area (Å²) in [7, 11) is 0. The molecule has 1 atom stereocenters. The van der Waals surface area contributed by atoms with Crippen LogP contribution in [0.5, 0.6) is 0 Å².